The van der Waals surface area contributed by atoms with Crippen LogP contribution in [0.1, 0.15) is 23.2 Å². The third-order valence-corrected chi connectivity index (χ3v) is 4.10. The molecule has 2 rings (SSSR count). The minimum atomic E-state index is -0.119. The molecule has 0 aromatic carbocycles. The number of hydrogen-bond acceptors (Lipinski definition) is 5. The molecule has 7 nitrogen and oxygen atoms in total. The van der Waals surface area contributed by atoms with Crippen LogP contribution in [0.5, 0.6) is 5.88 Å². The Morgan fingerprint density at radius 1 is 1.41 bits per heavy atom. The van der Waals surface area contributed by atoms with Gasteiger partial charge in [0.05, 0.1) is 13.7 Å². The van der Waals surface area contributed by atoms with Gasteiger partial charge in [-0.1, -0.05) is 0 Å². The first-order valence-corrected chi connectivity index (χ1v) is 7.71. The largest absolute Gasteiger partial charge is 0.479 e. The van der Waals surface area contributed by atoms with Crippen molar-refractivity contribution in [3.63, 3.8) is 0 Å². The van der Waals surface area contributed by atoms with E-state index < -0.39 is 0 Å². The van der Waals surface area contributed by atoms with Crippen molar-refractivity contribution >= 4 is 5.91 Å². The van der Waals surface area contributed by atoms with Gasteiger partial charge in [-0.2, -0.15) is 0 Å². The Balaban J connectivity index is 1.75. The van der Waals surface area contributed by atoms with Crippen LogP contribution in [0.25, 0.3) is 0 Å². The molecule has 124 valence electrons. The first-order chi connectivity index (χ1) is 10.6. The van der Waals surface area contributed by atoms with Gasteiger partial charge in [0.15, 0.2) is 0 Å². The van der Waals surface area contributed by atoms with E-state index in [1.54, 1.807) is 25.0 Å². The van der Waals surface area contributed by atoms with Crippen molar-refractivity contribution < 1.29 is 14.3 Å². The molecule has 1 aliphatic heterocycles. The quantitative estimate of drug-likeness (QED) is 0.795. The molecule has 1 aromatic heterocycles. The molecule has 7 heteroatoms. The first-order valence-electron chi connectivity index (χ1n) is 7.71. The van der Waals surface area contributed by atoms with Crippen LogP contribution in [0.3, 0.4) is 0 Å². The van der Waals surface area contributed by atoms with Gasteiger partial charge in [-0.15, -0.1) is 5.10 Å². The predicted molar refractivity (Wildman–Crippen MR) is 83.1 cm³/mol. The topological polar surface area (TPSA) is 68.6 Å². The van der Waals surface area contributed by atoms with Gasteiger partial charge < -0.3 is 19.7 Å². The molecule has 1 amide bonds. The molecule has 1 fully saturated rings. The number of nitrogens with zero attached hydrogens (tertiary/aromatic N) is 3. The standard InChI is InChI=1S/C15H26N4O3/c1-18-11-13(15(17-18)22-3)14(20)16-10-12-4-6-19(7-5-12)8-9-21-2/h11-12H,4-10H2,1-3H3,(H,16,20). The van der Waals surface area contributed by atoms with Crippen molar-refractivity contribution in [3.8, 4) is 5.88 Å². The van der Waals surface area contributed by atoms with Crippen LogP contribution in [0.2, 0.25) is 0 Å². The van der Waals surface area contributed by atoms with Crippen molar-refractivity contribution in [3.05, 3.63) is 11.8 Å². The minimum Gasteiger partial charge on any atom is -0.479 e. The number of nitrogens with one attached hydrogen (secondary N) is 1. The van der Waals surface area contributed by atoms with Crippen LogP contribution in [0.15, 0.2) is 6.20 Å². The molecule has 0 radical (unpaired) electrons. The van der Waals surface area contributed by atoms with Crippen molar-refractivity contribution in [2.24, 2.45) is 13.0 Å². The number of aryl methyl sites for hydroxylation is 1. The van der Waals surface area contributed by atoms with Gasteiger partial charge in [-0.25, -0.2) is 0 Å². The highest BCUT2D eigenvalue weighted by Gasteiger charge is 2.21. The Morgan fingerprint density at radius 2 is 2.14 bits per heavy atom. The highest BCUT2D eigenvalue weighted by atomic mass is 16.5. The maximum atomic E-state index is 12.2. The number of amides is 1. The summed E-state index contributed by atoms with van der Waals surface area (Å²) in [5, 5.41) is 7.10. The lowest BCUT2D eigenvalue weighted by Gasteiger charge is -2.31. The van der Waals surface area contributed by atoms with E-state index in [0.717, 1.165) is 39.1 Å². The van der Waals surface area contributed by atoms with Crippen molar-refractivity contribution in [2.75, 3.05) is 47.0 Å². The van der Waals surface area contributed by atoms with Crippen LogP contribution >= 0.6 is 0 Å². The van der Waals surface area contributed by atoms with Crippen LogP contribution < -0.4 is 10.1 Å². The van der Waals surface area contributed by atoms with E-state index in [4.69, 9.17) is 9.47 Å². The smallest absolute Gasteiger partial charge is 0.258 e. The summed E-state index contributed by atoms with van der Waals surface area (Å²) in [5.41, 5.74) is 0.488. The number of rotatable bonds is 7. The summed E-state index contributed by atoms with van der Waals surface area (Å²) in [6.45, 7) is 4.61. The lowest BCUT2D eigenvalue weighted by atomic mass is 9.97. The van der Waals surface area contributed by atoms with Gasteiger partial charge in [0.25, 0.3) is 5.91 Å². The third-order valence-electron chi connectivity index (χ3n) is 4.10. The zero-order chi connectivity index (χ0) is 15.9. The van der Waals surface area contributed by atoms with E-state index in [-0.39, 0.29) is 5.91 Å². The van der Waals surface area contributed by atoms with Crippen molar-refractivity contribution in [1.82, 2.24) is 20.0 Å². The summed E-state index contributed by atoms with van der Waals surface area (Å²) in [7, 11) is 5.03. The highest BCUT2D eigenvalue weighted by molar-refractivity contribution is 5.96. The van der Waals surface area contributed by atoms with E-state index in [1.807, 2.05) is 0 Å². The number of aromatic nitrogens is 2. The number of carbonyl (C=O) groups excluding carboxylic acids is 1. The van der Waals surface area contributed by atoms with Crippen molar-refractivity contribution in [2.45, 2.75) is 12.8 Å². The minimum absolute atomic E-state index is 0.119. The molecule has 1 saturated heterocycles. The molecule has 0 unspecified atom stereocenters. The number of carbonyl (C=O) groups is 1. The molecular formula is C15H26N4O3. The van der Waals surface area contributed by atoms with Gasteiger partial charge in [-0.05, 0) is 31.8 Å². The Kier molecular flexibility index (Phi) is 6.21. The Bertz CT molecular complexity index is 481. The van der Waals surface area contributed by atoms with E-state index in [1.165, 1.54) is 7.11 Å². The maximum Gasteiger partial charge on any atom is 0.258 e. The summed E-state index contributed by atoms with van der Waals surface area (Å²) in [6.07, 6.45) is 3.89. The lowest BCUT2D eigenvalue weighted by molar-refractivity contribution is 0.0923. The molecule has 2 heterocycles. The Morgan fingerprint density at radius 3 is 2.77 bits per heavy atom. The van der Waals surface area contributed by atoms with Crippen LogP contribution in [0.4, 0.5) is 0 Å². The molecular weight excluding hydrogens is 284 g/mol. The number of piperidine rings is 1. The fraction of sp³-hybridized carbons (Fsp3) is 0.733. The van der Waals surface area contributed by atoms with Gasteiger partial charge in [0.1, 0.15) is 5.56 Å². The molecule has 0 saturated carbocycles. The molecule has 22 heavy (non-hydrogen) atoms. The van der Waals surface area contributed by atoms with Crippen LogP contribution in [-0.2, 0) is 11.8 Å². The molecule has 0 aliphatic carbocycles. The third kappa shape index (κ3) is 4.45. The number of ether oxygens (including phenoxy) is 2. The predicted octanol–water partition coefficient (Wildman–Crippen LogP) is 0.517. The summed E-state index contributed by atoms with van der Waals surface area (Å²) in [4.78, 5) is 14.6. The zero-order valence-electron chi connectivity index (χ0n) is 13.7. The summed E-state index contributed by atoms with van der Waals surface area (Å²) in [5.74, 6) is 0.784. The first kappa shape index (κ1) is 16.8. The second-order valence-electron chi connectivity index (χ2n) is 5.71. The molecule has 1 aromatic rings. The summed E-state index contributed by atoms with van der Waals surface area (Å²) in [6, 6.07) is 0. The van der Waals surface area contributed by atoms with Gasteiger partial charge in [0.2, 0.25) is 5.88 Å². The molecule has 1 aliphatic rings. The summed E-state index contributed by atoms with van der Waals surface area (Å²) >= 11 is 0. The fourth-order valence-electron chi connectivity index (χ4n) is 2.74. The van der Waals surface area contributed by atoms with E-state index in [9.17, 15) is 4.79 Å². The van der Waals surface area contributed by atoms with Gasteiger partial charge in [-0.3, -0.25) is 9.48 Å². The number of hydrogen-bond donors (Lipinski definition) is 1. The van der Waals surface area contributed by atoms with Gasteiger partial charge >= 0.3 is 0 Å². The van der Waals surface area contributed by atoms with E-state index in [0.29, 0.717) is 23.9 Å². The number of methoxy groups -OCH3 is 2. The van der Waals surface area contributed by atoms with E-state index in [2.05, 4.69) is 15.3 Å². The van der Waals surface area contributed by atoms with Crippen LogP contribution in [-0.4, -0.2) is 67.6 Å². The average molecular weight is 310 g/mol. The van der Waals surface area contributed by atoms with E-state index >= 15 is 0 Å². The second-order valence-corrected chi connectivity index (χ2v) is 5.71. The summed E-state index contributed by atoms with van der Waals surface area (Å²) < 4.78 is 11.8. The SMILES string of the molecule is COCCN1CCC(CNC(=O)c2cn(C)nc2OC)CC1. The molecule has 0 atom stereocenters. The second kappa shape index (κ2) is 8.14. The fourth-order valence-corrected chi connectivity index (χ4v) is 2.74. The number of likely N-dealkylation sites (tertiary alicyclic amines) is 1. The zero-order valence-corrected chi connectivity index (χ0v) is 13.7. The maximum absolute atomic E-state index is 12.2. The molecule has 0 bridgehead atoms. The van der Waals surface area contributed by atoms with Crippen molar-refractivity contribution in [1.29, 1.82) is 0 Å². The van der Waals surface area contributed by atoms with Crippen LogP contribution in [0, 0.1) is 5.92 Å². The highest BCUT2D eigenvalue weighted by Crippen LogP contribution is 2.18. The molecule has 1 N–H and O–H groups in total. The normalized spacial score (nSPS) is 16.7. The van der Waals surface area contributed by atoms with Gasteiger partial charge in [0, 0.05) is 33.4 Å². The Hall–Kier alpha value is -1.60. The average Bonchev–Trinajstić information content (AvgIpc) is 2.92. The Labute approximate surface area is 131 Å². The lowest BCUT2D eigenvalue weighted by Crippen LogP contribution is -2.39. The molecule has 0 spiro atoms. The monoisotopic (exact) mass is 310 g/mol.